The van der Waals surface area contributed by atoms with E-state index >= 15 is 0 Å². The summed E-state index contributed by atoms with van der Waals surface area (Å²) in [6, 6.07) is 11.6. The number of carbonyl (C=O) groups excluding carboxylic acids is 3. The highest BCUT2D eigenvalue weighted by Crippen LogP contribution is 2.22. The maximum absolute atomic E-state index is 12.4. The molecule has 0 saturated carbocycles. The van der Waals surface area contributed by atoms with Crippen molar-refractivity contribution < 1.29 is 19.1 Å². The van der Waals surface area contributed by atoms with Gasteiger partial charge in [-0.15, -0.1) is 0 Å². The van der Waals surface area contributed by atoms with Crippen LogP contribution < -0.4 is 5.32 Å². The van der Waals surface area contributed by atoms with E-state index in [1.54, 1.807) is 0 Å². The van der Waals surface area contributed by atoms with Gasteiger partial charge in [-0.3, -0.25) is 14.4 Å². The van der Waals surface area contributed by atoms with E-state index in [4.69, 9.17) is 4.74 Å². The van der Waals surface area contributed by atoms with Gasteiger partial charge in [0.25, 0.3) is 5.91 Å². The van der Waals surface area contributed by atoms with Gasteiger partial charge in [0.05, 0.1) is 6.42 Å². The Morgan fingerprint density at radius 3 is 2.21 bits per heavy atom. The van der Waals surface area contributed by atoms with E-state index in [2.05, 4.69) is 5.32 Å². The standard InChI is InChI=1S/C24H29NO4/c1-5-18-8-7-9-19(6-2)24(18)25-22(27)15-29-23(28)13-12-21(26)20-14-16(3)10-11-17(20)4/h7-11,14H,5-6,12-13,15H2,1-4H3,(H,25,27). The van der Waals surface area contributed by atoms with E-state index < -0.39 is 5.97 Å². The number of hydrogen-bond donors (Lipinski definition) is 1. The maximum atomic E-state index is 12.4. The molecule has 0 fully saturated rings. The summed E-state index contributed by atoms with van der Waals surface area (Å²) in [5.74, 6) is -1.04. The molecule has 0 heterocycles. The van der Waals surface area contributed by atoms with Gasteiger partial charge in [0, 0.05) is 17.7 Å². The number of amides is 1. The van der Waals surface area contributed by atoms with Gasteiger partial charge in [-0.05, 0) is 49.4 Å². The summed E-state index contributed by atoms with van der Waals surface area (Å²) < 4.78 is 5.06. The van der Waals surface area contributed by atoms with Crippen molar-refractivity contribution in [1.29, 1.82) is 0 Å². The van der Waals surface area contributed by atoms with Crippen LogP contribution in [-0.4, -0.2) is 24.3 Å². The Morgan fingerprint density at radius 2 is 1.59 bits per heavy atom. The van der Waals surface area contributed by atoms with Crippen LogP contribution in [0, 0.1) is 13.8 Å². The number of anilines is 1. The third-order valence-corrected chi connectivity index (χ3v) is 4.88. The number of aryl methyl sites for hydroxylation is 4. The molecule has 1 N–H and O–H groups in total. The normalized spacial score (nSPS) is 10.5. The second-order valence-corrected chi connectivity index (χ2v) is 7.11. The van der Waals surface area contributed by atoms with Crippen molar-refractivity contribution in [2.24, 2.45) is 0 Å². The molecule has 0 radical (unpaired) electrons. The summed E-state index contributed by atoms with van der Waals surface area (Å²) in [6.07, 6.45) is 1.60. The zero-order chi connectivity index (χ0) is 21.4. The molecule has 0 bridgehead atoms. The van der Waals surface area contributed by atoms with E-state index in [1.165, 1.54) is 0 Å². The molecular weight excluding hydrogens is 366 g/mol. The fourth-order valence-electron chi connectivity index (χ4n) is 3.18. The Kier molecular flexibility index (Phi) is 8.13. The molecule has 1 amide bonds. The fourth-order valence-corrected chi connectivity index (χ4v) is 3.18. The van der Waals surface area contributed by atoms with E-state index in [0.29, 0.717) is 5.56 Å². The molecule has 0 saturated heterocycles. The lowest BCUT2D eigenvalue weighted by Crippen LogP contribution is -2.22. The SMILES string of the molecule is CCc1cccc(CC)c1NC(=O)COC(=O)CCC(=O)c1cc(C)ccc1C. The Bertz CT molecular complexity index is 879. The first-order valence-electron chi connectivity index (χ1n) is 10.0. The van der Waals surface area contributed by atoms with Crippen molar-refractivity contribution in [1.82, 2.24) is 0 Å². The van der Waals surface area contributed by atoms with Crippen LogP contribution in [0.3, 0.4) is 0 Å². The molecule has 0 aliphatic rings. The van der Waals surface area contributed by atoms with Gasteiger partial charge >= 0.3 is 5.97 Å². The Morgan fingerprint density at radius 1 is 0.931 bits per heavy atom. The van der Waals surface area contributed by atoms with Crippen LogP contribution in [0.25, 0.3) is 0 Å². The second-order valence-electron chi connectivity index (χ2n) is 7.11. The predicted octanol–water partition coefficient (Wildman–Crippen LogP) is 4.57. The number of Topliss-reactive ketones (excluding diaryl/α,β-unsaturated/α-hetero) is 1. The first-order valence-corrected chi connectivity index (χ1v) is 10.0. The lowest BCUT2D eigenvalue weighted by Gasteiger charge is -2.14. The molecule has 5 heteroatoms. The molecule has 154 valence electrons. The summed E-state index contributed by atoms with van der Waals surface area (Å²) in [5.41, 5.74) is 5.39. The molecule has 2 aromatic rings. The van der Waals surface area contributed by atoms with Crippen molar-refractivity contribution in [2.45, 2.75) is 53.4 Å². The van der Waals surface area contributed by atoms with Crippen LogP contribution in [0.5, 0.6) is 0 Å². The average Bonchev–Trinajstić information content (AvgIpc) is 2.72. The highest BCUT2D eigenvalue weighted by molar-refractivity contribution is 5.99. The molecule has 0 aromatic heterocycles. The summed E-state index contributed by atoms with van der Waals surface area (Å²) >= 11 is 0. The number of carbonyl (C=O) groups is 3. The molecule has 0 atom stereocenters. The number of ketones is 1. The first kappa shape index (κ1) is 22.3. The van der Waals surface area contributed by atoms with E-state index in [-0.39, 0.29) is 31.1 Å². The lowest BCUT2D eigenvalue weighted by molar-refractivity contribution is -0.147. The highest BCUT2D eigenvalue weighted by atomic mass is 16.5. The first-order chi connectivity index (χ1) is 13.8. The van der Waals surface area contributed by atoms with Crippen LogP contribution in [0.1, 0.15) is 59.3 Å². The van der Waals surface area contributed by atoms with Gasteiger partial charge < -0.3 is 10.1 Å². The minimum Gasteiger partial charge on any atom is -0.456 e. The van der Waals surface area contributed by atoms with Crippen molar-refractivity contribution in [2.75, 3.05) is 11.9 Å². The number of para-hydroxylation sites is 1. The zero-order valence-corrected chi connectivity index (χ0v) is 17.6. The smallest absolute Gasteiger partial charge is 0.306 e. The van der Waals surface area contributed by atoms with Gasteiger partial charge in [-0.25, -0.2) is 0 Å². The van der Waals surface area contributed by atoms with E-state index in [0.717, 1.165) is 40.8 Å². The van der Waals surface area contributed by atoms with E-state index in [9.17, 15) is 14.4 Å². The van der Waals surface area contributed by atoms with Gasteiger partial charge in [0.2, 0.25) is 0 Å². The molecule has 29 heavy (non-hydrogen) atoms. The molecule has 0 spiro atoms. The molecule has 0 aliphatic carbocycles. The van der Waals surface area contributed by atoms with Crippen molar-refractivity contribution in [3.63, 3.8) is 0 Å². The van der Waals surface area contributed by atoms with Gasteiger partial charge in [0.1, 0.15) is 0 Å². The summed E-state index contributed by atoms with van der Waals surface area (Å²) in [6.45, 7) is 7.48. The monoisotopic (exact) mass is 395 g/mol. The van der Waals surface area contributed by atoms with Crippen LogP contribution in [0.4, 0.5) is 5.69 Å². The fraction of sp³-hybridized carbons (Fsp3) is 0.375. The number of rotatable bonds is 9. The van der Waals surface area contributed by atoms with Crippen molar-refractivity contribution >= 4 is 23.3 Å². The largest absolute Gasteiger partial charge is 0.456 e. The molecule has 2 aromatic carbocycles. The van der Waals surface area contributed by atoms with Crippen LogP contribution in [-0.2, 0) is 27.2 Å². The second kappa shape index (κ2) is 10.6. The van der Waals surface area contributed by atoms with Gasteiger partial charge in [-0.1, -0.05) is 49.7 Å². The van der Waals surface area contributed by atoms with Gasteiger partial charge in [-0.2, -0.15) is 0 Å². The molecule has 0 aliphatic heterocycles. The summed E-state index contributed by atoms with van der Waals surface area (Å²) in [7, 11) is 0. The minimum atomic E-state index is -0.557. The van der Waals surface area contributed by atoms with Gasteiger partial charge in [0.15, 0.2) is 12.4 Å². The minimum absolute atomic E-state index is 0.0503. The number of hydrogen-bond acceptors (Lipinski definition) is 4. The van der Waals surface area contributed by atoms with Crippen molar-refractivity contribution in [3.8, 4) is 0 Å². The molecular formula is C24H29NO4. The van der Waals surface area contributed by atoms with Crippen LogP contribution >= 0.6 is 0 Å². The Balaban J connectivity index is 1.86. The zero-order valence-electron chi connectivity index (χ0n) is 17.6. The maximum Gasteiger partial charge on any atom is 0.306 e. The van der Waals surface area contributed by atoms with Crippen LogP contribution in [0.2, 0.25) is 0 Å². The quantitative estimate of drug-likeness (QED) is 0.498. The highest BCUT2D eigenvalue weighted by Gasteiger charge is 2.15. The number of ether oxygens (including phenoxy) is 1. The molecule has 2 rings (SSSR count). The summed E-state index contributed by atoms with van der Waals surface area (Å²) in [4.78, 5) is 36.6. The number of benzene rings is 2. The van der Waals surface area contributed by atoms with E-state index in [1.807, 2.05) is 64.1 Å². The summed E-state index contributed by atoms with van der Waals surface area (Å²) in [5, 5.41) is 2.86. The third-order valence-electron chi connectivity index (χ3n) is 4.88. The average molecular weight is 395 g/mol. The topological polar surface area (TPSA) is 72.5 Å². The van der Waals surface area contributed by atoms with Crippen LogP contribution in [0.15, 0.2) is 36.4 Å². The van der Waals surface area contributed by atoms with Crippen molar-refractivity contribution in [3.05, 3.63) is 64.2 Å². The lowest BCUT2D eigenvalue weighted by atomic mass is 9.99. The number of nitrogens with one attached hydrogen (secondary N) is 1. The third kappa shape index (κ3) is 6.28. The predicted molar refractivity (Wildman–Crippen MR) is 114 cm³/mol. The number of esters is 1. The molecule has 0 unspecified atom stereocenters. The Labute approximate surface area is 172 Å². The Hall–Kier alpha value is -2.95. The molecule has 5 nitrogen and oxygen atoms in total.